The van der Waals surface area contributed by atoms with E-state index in [4.69, 9.17) is 9.47 Å². The van der Waals surface area contributed by atoms with Crippen molar-refractivity contribution in [2.75, 3.05) is 60.7 Å². The Labute approximate surface area is 218 Å². The first-order valence-electron chi connectivity index (χ1n) is 12.4. The highest BCUT2D eigenvalue weighted by atomic mass is 32.2. The van der Waals surface area contributed by atoms with Gasteiger partial charge in [-0.1, -0.05) is 0 Å². The molecule has 2 N–H and O–H groups in total. The minimum Gasteiger partial charge on any atom is -0.481 e. The van der Waals surface area contributed by atoms with E-state index in [0.29, 0.717) is 30.6 Å². The summed E-state index contributed by atoms with van der Waals surface area (Å²) in [7, 11) is 1.62. The lowest BCUT2D eigenvalue weighted by Gasteiger charge is -2.20. The first-order valence-corrected chi connectivity index (χ1v) is 13.4. The van der Waals surface area contributed by atoms with E-state index in [2.05, 4.69) is 25.5 Å². The van der Waals surface area contributed by atoms with E-state index in [1.807, 2.05) is 42.6 Å². The van der Waals surface area contributed by atoms with Crippen LogP contribution in [0.2, 0.25) is 0 Å². The lowest BCUT2D eigenvalue weighted by atomic mass is 10.1. The molecule has 0 unspecified atom stereocenters. The van der Waals surface area contributed by atoms with E-state index in [0.717, 1.165) is 59.0 Å². The molecule has 10 nitrogen and oxygen atoms in total. The number of anilines is 3. The first-order chi connectivity index (χ1) is 18.1. The van der Waals surface area contributed by atoms with Crippen molar-refractivity contribution >= 4 is 51.9 Å². The van der Waals surface area contributed by atoms with Crippen LogP contribution in [-0.2, 0) is 9.53 Å². The molecule has 37 heavy (non-hydrogen) atoms. The van der Waals surface area contributed by atoms with Gasteiger partial charge >= 0.3 is 6.09 Å². The van der Waals surface area contributed by atoms with E-state index in [1.165, 1.54) is 11.8 Å². The van der Waals surface area contributed by atoms with E-state index in [9.17, 15) is 9.59 Å². The number of benzene rings is 1. The third kappa shape index (κ3) is 4.88. The third-order valence-corrected chi connectivity index (χ3v) is 8.03. The Kier molecular flexibility index (Phi) is 6.47. The summed E-state index contributed by atoms with van der Waals surface area (Å²) in [5.41, 5.74) is 4.26. The number of methoxy groups -OCH3 is 1. The van der Waals surface area contributed by atoms with Gasteiger partial charge in [0.25, 0.3) is 0 Å². The molecule has 192 valence electrons. The Morgan fingerprint density at radius 1 is 1.19 bits per heavy atom. The molecule has 0 bridgehead atoms. The van der Waals surface area contributed by atoms with Crippen LogP contribution >= 0.6 is 11.8 Å². The van der Waals surface area contributed by atoms with Crippen molar-refractivity contribution in [3.05, 3.63) is 42.6 Å². The Morgan fingerprint density at radius 2 is 2.11 bits per heavy atom. The molecule has 6 rings (SSSR count). The number of hydrogen-bond donors (Lipinski definition) is 2. The van der Waals surface area contributed by atoms with E-state index in [-0.39, 0.29) is 18.1 Å². The van der Waals surface area contributed by atoms with Gasteiger partial charge in [-0.2, -0.15) is 0 Å². The Hall–Kier alpha value is -3.57. The van der Waals surface area contributed by atoms with Crippen molar-refractivity contribution in [2.45, 2.75) is 17.4 Å². The molecular formula is C26H28N6O4S. The van der Waals surface area contributed by atoms with Crippen LogP contribution < -0.4 is 25.2 Å². The summed E-state index contributed by atoms with van der Waals surface area (Å²) < 4.78 is 10.9. The SMILES string of the molecule is COc1ccc2nccc(N3CC[C@@H](CNC[C@@H]4CN(c5ccc6c(c5)NC(=O)CS6)C(=O)O4)C3)c2n1. The number of aromatic nitrogens is 2. The third-order valence-electron chi connectivity index (χ3n) is 6.96. The molecule has 3 aliphatic heterocycles. The number of ether oxygens (including phenoxy) is 2. The van der Waals surface area contributed by atoms with Crippen LogP contribution in [-0.4, -0.2) is 73.7 Å². The average molecular weight is 521 g/mol. The molecule has 2 atom stereocenters. The molecule has 0 spiro atoms. The lowest BCUT2D eigenvalue weighted by Crippen LogP contribution is -2.34. The number of amides is 2. The van der Waals surface area contributed by atoms with Crippen molar-refractivity contribution in [1.82, 2.24) is 15.3 Å². The molecule has 0 radical (unpaired) electrons. The summed E-state index contributed by atoms with van der Waals surface area (Å²) in [4.78, 5) is 38.3. The molecule has 2 fully saturated rings. The van der Waals surface area contributed by atoms with E-state index in [1.54, 1.807) is 12.0 Å². The number of carbonyl (C=O) groups is 2. The van der Waals surface area contributed by atoms with Crippen LogP contribution in [0.4, 0.5) is 21.9 Å². The van der Waals surface area contributed by atoms with Gasteiger partial charge in [-0.15, -0.1) is 11.8 Å². The van der Waals surface area contributed by atoms with E-state index >= 15 is 0 Å². The number of carbonyl (C=O) groups excluding carboxylic acids is 2. The zero-order valence-corrected chi connectivity index (χ0v) is 21.3. The van der Waals surface area contributed by atoms with Crippen LogP contribution in [0.15, 0.2) is 47.5 Å². The van der Waals surface area contributed by atoms with E-state index < -0.39 is 0 Å². The standard InChI is InChI=1S/C26H28N6O4S/c1-35-24-5-3-19-25(30-24)21(6-8-28-19)31-9-7-16(13-31)11-27-12-18-14-32(26(34)36-18)17-2-4-22-20(10-17)29-23(33)15-37-22/h2-6,8,10,16,18,27H,7,9,11-15H2,1H3,(H,29,33)/t16-,18+/m0/s1. The summed E-state index contributed by atoms with van der Waals surface area (Å²) >= 11 is 1.50. The summed E-state index contributed by atoms with van der Waals surface area (Å²) in [6.07, 6.45) is 2.30. The van der Waals surface area contributed by atoms with Gasteiger partial charge in [0, 0.05) is 42.5 Å². The summed E-state index contributed by atoms with van der Waals surface area (Å²) in [6, 6.07) is 11.5. The van der Waals surface area contributed by atoms with Crippen LogP contribution in [0.5, 0.6) is 5.88 Å². The maximum Gasteiger partial charge on any atom is 0.414 e. The molecule has 2 aromatic heterocycles. The van der Waals surface area contributed by atoms with Crippen LogP contribution in [0.3, 0.4) is 0 Å². The Balaban J connectivity index is 1.03. The fraction of sp³-hybridized carbons (Fsp3) is 0.385. The molecule has 5 heterocycles. The number of cyclic esters (lactones) is 1. The average Bonchev–Trinajstić information content (AvgIpc) is 3.54. The van der Waals surface area contributed by atoms with Gasteiger partial charge in [0.2, 0.25) is 11.8 Å². The minimum absolute atomic E-state index is 0.0284. The van der Waals surface area contributed by atoms with Gasteiger partial charge in [-0.05, 0) is 49.2 Å². The van der Waals surface area contributed by atoms with Gasteiger partial charge < -0.3 is 25.0 Å². The summed E-state index contributed by atoms with van der Waals surface area (Å²) in [5.74, 6) is 1.44. The van der Waals surface area contributed by atoms with Crippen molar-refractivity contribution in [3.63, 3.8) is 0 Å². The van der Waals surface area contributed by atoms with Crippen molar-refractivity contribution in [3.8, 4) is 5.88 Å². The second kappa shape index (κ2) is 10.1. The second-order valence-electron chi connectivity index (χ2n) is 9.44. The monoisotopic (exact) mass is 520 g/mol. The molecule has 3 aromatic rings. The molecule has 2 saturated heterocycles. The lowest BCUT2D eigenvalue weighted by molar-refractivity contribution is -0.113. The quantitative estimate of drug-likeness (QED) is 0.486. The molecule has 0 aliphatic carbocycles. The molecule has 2 amide bonds. The van der Waals surface area contributed by atoms with Crippen LogP contribution in [0, 0.1) is 5.92 Å². The number of hydrogen-bond acceptors (Lipinski definition) is 9. The predicted octanol–water partition coefficient (Wildman–Crippen LogP) is 3.12. The van der Waals surface area contributed by atoms with Gasteiger partial charge in [-0.3, -0.25) is 14.7 Å². The van der Waals surface area contributed by atoms with Crippen molar-refractivity contribution in [1.29, 1.82) is 0 Å². The molecule has 11 heteroatoms. The predicted molar refractivity (Wildman–Crippen MR) is 143 cm³/mol. The number of fused-ring (bicyclic) bond motifs is 2. The minimum atomic E-state index is -0.360. The number of thioether (sulfide) groups is 1. The molecular weight excluding hydrogens is 492 g/mol. The zero-order chi connectivity index (χ0) is 25.4. The maximum atomic E-state index is 12.5. The maximum absolute atomic E-state index is 12.5. The first kappa shape index (κ1) is 23.8. The number of nitrogens with zero attached hydrogens (tertiary/aromatic N) is 4. The van der Waals surface area contributed by atoms with Crippen molar-refractivity contribution in [2.24, 2.45) is 5.92 Å². The zero-order valence-electron chi connectivity index (χ0n) is 20.5. The fourth-order valence-corrected chi connectivity index (χ4v) is 5.90. The number of rotatable bonds is 7. The van der Waals surface area contributed by atoms with Gasteiger partial charge in [0.15, 0.2) is 0 Å². The molecule has 1 aromatic carbocycles. The van der Waals surface area contributed by atoms with Gasteiger partial charge in [0.05, 0.1) is 36.3 Å². The highest BCUT2D eigenvalue weighted by Gasteiger charge is 2.33. The Morgan fingerprint density at radius 3 is 3.00 bits per heavy atom. The van der Waals surface area contributed by atoms with Crippen molar-refractivity contribution < 1.29 is 19.1 Å². The van der Waals surface area contributed by atoms with Gasteiger partial charge in [0.1, 0.15) is 11.6 Å². The Bertz CT molecular complexity index is 1350. The summed E-state index contributed by atoms with van der Waals surface area (Å²) in [5, 5.41) is 6.38. The largest absolute Gasteiger partial charge is 0.481 e. The molecule has 3 aliphatic rings. The second-order valence-corrected chi connectivity index (χ2v) is 10.5. The fourth-order valence-electron chi connectivity index (χ4n) is 5.11. The van der Waals surface area contributed by atoms with Crippen LogP contribution in [0.1, 0.15) is 6.42 Å². The van der Waals surface area contributed by atoms with Crippen LogP contribution in [0.25, 0.3) is 11.0 Å². The highest BCUT2D eigenvalue weighted by Crippen LogP contribution is 2.35. The van der Waals surface area contributed by atoms with Gasteiger partial charge in [-0.25, -0.2) is 9.78 Å². The summed E-state index contributed by atoms with van der Waals surface area (Å²) in [6.45, 7) is 3.77. The smallest absolute Gasteiger partial charge is 0.414 e. The topological polar surface area (TPSA) is 109 Å². The normalized spacial score (nSPS) is 21.2. The number of nitrogens with one attached hydrogen (secondary N) is 2. The number of pyridine rings is 2. The molecule has 0 saturated carbocycles. The highest BCUT2D eigenvalue weighted by molar-refractivity contribution is 8.00.